The number of fused-ring (bicyclic) bond motifs is 1. The molecule has 28 heavy (non-hydrogen) atoms. The number of carbonyl (C=O) groups is 2. The van der Waals surface area contributed by atoms with Gasteiger partial charge in [-0.3, -0.25) is 4.79 Å². The van der Waals surface area contributed by atoms with Crippen LogP contribution in [0.2, 0.25) is 5.28 Å². The lowest BCUT2D eigenvalue weighted by Gasteiger charge is -2.28. The van der Waals surface area contributed by atoms with Gasteiger partial charge in [-0.1, -0.05) is 26.0 Å². The van der Waals surface area contributed by atoms with Crippen molar-refractivity contribution in [3.05, 3.63) is 40.2 Å². The summed E-state index contributed by atoms with van der Waals surface area (Å²) in [6.07, 6.45) is 7.66. The molecule has 0 aliphatic heterocycles. The Morgan fingerprint density at radius 2 is 2.00 bits per heavy atom. The van der Waals surface area contributed by atoms with Crippen LogP contribution in [0, 0.1) is 0 Å². The van der Waals surface area contributed by atoms with E-state index in [1.54, 1.807) is 26.8 Å². The minimum Gasteiger partial charge on any atom is -0.443 e. The number of halogens is 1. The Bertz CT molecular complexity index is 929. The number of anilines is 1. The number of thiophene rings is 1. The summed E-state index contributed by atoms with van der Waals surface area (Å²) in [5, 5.41) is -0.00306. The molecule has 0 radical (unpaired) electrons. The Morgan fingerprint density at radius 1 is 1.29 bits per heavy atom. The van der Waals surface area contributed by atoms with Crippen molar-refractivity contribution in [2.75, 3.05) is 4.90 Å². The fourth-order valence-electron chi connectivity index (χ4n) is 2.50. The van der Waals surface area contributed by atoms with Crippen LogP contribution in [0.5, 0.6) is 0 Å². The molecule has 2 heterocycles. The van der Waals surface area contributed by atoms with Gasteiger partial charge in [0.25, 0.3) is 0 Å². The Balaban J connectivity index is 0.00000136. The monoisotopic (exact) mass is 421 g/mol. The maximum Gasteiger partial charge on any atom is 0.420 e. The van der Waals surface area contributed by atoms with E-state index in [1.165, 1.54) is 16.2 Å². The van der Waals surface area contributed by atoms with Gasteiger partial charge in [-0.15, -0.1) is 11.3 Å². The standard InChI is InChI=1S/C18H18ClN3O3S.C2H6/c1-18(2,3)25-17(24)22(11-7-5-4-6-8-11)15-14-13(20-16(19)21-15)9-12(10-23)26-14;1-2/h5,7-10H,4,6H2,1-3H3;1-2H3. The zero-order chi connectivity index (χ0) is 20.9. The number of allylic oxidation sites excluding steroid dienone is 3. The highest BCUT2D eigenvalue weighted by Gasteiger charge is 2.29. The van der Waals surface area contributed by atoms with Crippen molar-refractivity contribution in [1.82, 2.24) is 9.97 Å². The van der Waals surface area contributed by atoms with Crippen molar-refractivity contribution in [3.8, 4) is 0 Å². The molecular formula is C20H24ClN3O3S. The van der Waals surface area contributed by atoms with E-state index in [-0.39, 0.29) is 5.28 Å². The highest BCUT2D eigenvalue weighted by molar-refractivity contribution is 7.21. The number of carbonyl (C=O) groups excluding carboxylic acids is 2. The van der Waals surface area contributed by atoms with Crippen LogP contribution >= 0.6 is 22.9 Å². The smallest absolute Gasteiger partial charge is 0.420 e. The number of aldehydes is 1. The number of hydrogen-bond donors (Lipinski definition) is 0. The van der Waals surface area contributed by atoms with Crippen LogP contribution < -0.4 is 4.90 Å². The number of nitrogens with zero attached hydrogens (tertiary/aromatic N) is 3. The van der Waals surface area contributed by atoms with E-state index in [0.29, 0.717) is 26.6 Å². The lowest BCUT2D eigenvalue weighted by atomic mass is 10.1. The summed E-state index contributed by atoms with van der Waals surface area (Å²) in [7, 11) is 0. The van der Waals surface area contributed by atoms with Crippen LogP contribution in [0.25, 0.3) is 10.2 Å². The molecule has 1 aliphatic rings. The third-order valence-electron chi connectivity index (χ3n) is 3.48. The summed E-state index contributed by atoms with van der Waals surface area (Å²) in [5.41, 5.74) is 0.497. The van der Waals surface area contributed by atoms with E-state index in [1.807, 2.05) is 32.1 Å². The molecule has 8 heteroatoms. The van der Waals surface area contributed by atoms with E-state index in [2.05, 4.69) is 9.97 Å². The second-order valence-corrected chi connectivity index (χ2v) is 8.14. The van der Waals surface area contributed by atoms with Crippen LogP contribution in [-0.2, 0) is 4.74 Å². The molecule has 0 aromatic carbocycles. The van der Waals surface area contributed by atoms with Gasteiger partial charge in [-0.25, -0.2) is 14.7 Å². The van der Waals surface area contributed by atoms with E-state index in [9.17, 15) is 9.59 Å². The minimum atomic E-state index is -0.673. The molecular weight excluding hydrogens is 398 g/mol. The fraction of sp³-hybridized carbons (Fsp3) is 0.400. The van der Waals surface area contributed by atoms with Gasteiger partial charge in [0.2, 0.25) is 5.28 Å². The normalized spacial score (nSPS) is 13.4. The van der Waals surface area contributed by atoms with Crippen molar-refractivity contribution in [2.45, 2.75) is 53.1 Å². The van der Waals surface area contributed by atoms with Crippen LogP contribution in [0.15, 0.2) is 30.0 Å². The number of amides is 1. The van der Waals surface area contributed by atoms with Crippen molar-refractivity contribution < 1.29 is 14.3 Å². The molecule has 0 spiro atoms. The number of ether oxygens (including phenoxy) is 1. The first-order valence-corrected chi connectivity index (χ1v) is 10.3. The summed E-state index contributed by atoms with van der Waals surface area (Å²) >= 11 is 7.28. The highest BCUT2D eigenvalue weighted by Crippen LogP contribution is 2.35. The van der Waals surface area contributed by atoms with E-state index in [4.69, 9.17) is 16.3 Å². The first-order valence-electron chi connectivity index (χ1n) is 9.10. The summed E-state index contributed by atoms with van der Waals surface area (Å²) < 4.78 is 6.17. The first kappa shape index (κ1) is 22.0. The van der Waals surface area contributed by atoms with Gasteiger partial charge in [-0.05, 0) is 57.4 Å². The van der Waals surface area contributed by atoms with Crippen molar-refractivity contribution in [3.63, 3.8) is 0 Å². The summed E-state index contributed by atoms with van der Waals surface area (Å²) in [6.45, 7) is 9.39. The van der Waals surface area contributed by atoms with Crippen LogP contribution in [0.1, 0.15) is 57.1 Å². The molecule has 0 saturated heterocycles. The quantitative estimate of drug-likeness (QED) is 0.438. The molecule has 6 nitrogen and oxygen atoms in total. The van der Waals surface area contributed by atoms with E-state index >= 15 is 0 Å². The highest BCUT2D eigenvalue weighted by atomic mass is 35.5. The van der Waals surface area contributed by atoms with Gasteiger partial charge < -0.3 is 4.74 Å². The second-order valence-electron chi connectivity index (χ2n) is 6.72. The Hall–Kier alpha value is -2.25. The Kier molecular flexibility index (Phi) is 7.32. The second kappa shape index (κ2) is 9.30. The van der Waals surface area contributed by atoms with Crippen LogP contribution in [0.4, 0.5) is 10.6 Å². The molecule has 2 aromatic heterocycles. The summed E-state index contributed by atoms with van der Waals surface area (Å²) in [6, 6.07) is 1.63. The summed E-state index contributed by atoms with van der Waals surface area (Å²) in [5.74, 6) is 0.310. The third-order valence-corrected chi connectivity index (χ3v) is 4.70. The maximum absolute atomic E-state index is 13.0. The molecule has 1 amide bonds. The number of aromatic nitrogens is 2. The molecule has 0 atom stereocenters. The average Bonchev–Trinajstić information content (AvgIpc) is 3.06. The van der Waals surface area contributed by atoms with E-state index < -0.39 is 11.7 Å². The van der Waals surface area contributed by atoms with Crippen LogP contribution in [-0.4, -0.2) is 27.9 Å². The van der Waals surface area contributed by atoms with Crippen molar-refractivity contribution in [1.29, 1.82) is 0 Å². The SMILES string of the molecule is CC.CC(C)(C)OC(=O)N(C1=CCCC=C1)c1nc(Cl)nc2cc(C=O)sc12. The van der Waals surface area contributed by atoms with Gasteiger partial charge in [-0.2, -0.15) is 4.98 Å². The zero-order valence-corrected chi connectivity index (χ0v) is 18.2. The lowest BCUT2D eigenvalue weighted by molar-refractivity contribution is 0.0592. The molecule has 150 valence electrons. The molecule has 0 unspecified atom stereocenters. The van der Waals surface area contributed by atoms with Crippen LogP contribution in [0.3, 0.4) is 0 Å². The van der Waals surface area contributed by atoms with Gasteiger partial charge >= 0.3 is 6.09 Å². The molecule has 0 saturated carbocycles. The largest absolute Gasteiger partial charge is 0.443 e. The fourth-order valence-corrected chi connectivity index (χ4v) is 3.57. The van der Waals surface area contributed by atoms with Gasteiger partial charge in [0.1, 0.15) is 5.60 Å². The molecule has 0 N–H and O–H groups in total. The average molecular weight is 422 g/mol. The lowest BCUT2D eigenvalue weighted by Crippen LogP contribution is -2.36. The van der Waals surface area contributed by atoms with Gasteiger partial charge in [0.05, 0.1) is 15.1 Å². The van der Waals surface area contributed by atoms with Gasteiger partial charge in [0, 0.05) is 5.70 Å². The predicted molar refractivity (Wildman–Crippen MR) is 114 cm³/mol. The third kappa shape index (κ3) is 5.17. The molecule has 0 fully saturated rings. The molecule has 0 bridgehead atoms. The molecule has 2 aromatic rings. The predicted octanol–water partition coefficient (Wildman–Crippen LogP) is 6.16. The Labute approximate surface area is 173 Å². The van der Waals surface area contributed by atoms with Crippen molar-refractivity contribution >= 4 is 51.4 Å². The topological polar surface area (TPSA) is 72.4 Å². The first-order chi connectivity index (χ1) is 13.3. The Morgan fingerprint density at radius 3 is 2.57 bits per heavy atom. The number of rotatable bonds is 3. The number of hydrogen-bond acceptors (Lipinski definition) is 6. The van der Waals surface area contributed by atoms with Crippen molar-refractivity contribution in [2.24, 2.45) is 0 Å². The maximum atomic E-state index is 13.0. The zero-order valence-electron chi connectivity index (χ0n) is 16.7. The minimum absolute atomic E-state index is 0.00306. The van der Waals surface area contributed by atoms with E-state index in [0.717, 1.165) is 19.1 Å². The van der Waals surface area contributed by atoms with Gasteiger partial charge in [0.15, 0.2) is 12.1 Å². The summed E-state index contributed by atoms with van der Waals surface area (Å²) in [4.78, 5) is 34.4. The molecule has 1 aliphatic carbocycles. The molecule has 3 rings (SSSR count).